The number of aromatic nitrogens is 5. The zero-order chi connectivity index (χ0) is 11.0. The number of para-hydroxylation sites is 2. The van der Waals surface area contributed by atoms with E-state index in [0.717, 1.165) is 16.9 Å². The Bertz CT molecular complexity index is 594. The number of nitrogens with zero attached hydrogens (tertiary/aromatic N) is 5. The maximum absolute atomic E-state index is 5.57. The van der Waals surface area contributed by atoms with Gasteiger partial charge in [0.05, 0.1) is 0 Å². The molecule has 0 fully saturated rings. The smallest absolute Gasteiger partial charge is 0.217 e. The van der Waals surface area contributed by atoms with Crippen LogP contribution < -0.4 is 0 Å². The van der Waals surface area contributed by atoms with Crippen LogP contribution >= 0.6 is 0 Å². The maximum atomic E-state index is 5.57. The molecule has 0 saturated heterocycles. The number of fused-ring (bicyclic) bond motifs is 1. The van der Waals surface area contributed by atoms with Crippen molar-refractivity contribution in [1.82, 2.24) is 25.2 Å². The number of tetrazole rings is 1. The summed E-state index contributed by atoms with van der Waals surface area (Å²) in [4.78, 5) is 4.35. The third kappa shape index (κ3) is 1.44. The molecule has 16 heavy (non-hydrogen) atoms. The van der Waals surface area contributed by atoms with E-state index in [-0.39, 0.29) is 0 Å². The Morgan fingerprint density at radius 1 is 1.31 bits per heavy atom. The number of rotatable bonds is 2. The SMILES string of the molecule is Cc1nnnn1Cc1nc2ccccc2o1. The van der Waals surface area contributed by atoms with E-state index in [1.165, 1.54) is 0 Å². The fraction of sp³-hybridized carbons (Fsp3) is 0.200. The molecule has 0 unspecified atom stereocenters. The van der Waals surface area contributed by atoms with Gasteiger partial charge in [-0.3, -0.25) is 0 Å². The molecule has 6 nitrogen and oxygen atoms in total. The highest BCUT2D eigenvalue weighted by atomic mass is 16.3. The van der Waals surface area contributed by atoms with Gasteiger partial charge in [0.2, 0.25) is 5.89 Å². The summed E-state index contributed by atoms with van der Waals surface area (Å²) in [7, 11) is 0. The van der Waals surface area contributed by atoms with Crippen LogP contribution in [0.1, 0.15) is 11.7 Å². The minimum Gasteiger partial charge on any atom is -0.439 e. The number of benzene rings is 1. The second kappa shape index (κ2) is 3.41. The first-order chi connectivity index (χ1) is 7.83. The predicted octanol–water partition coefficient (Wildman–Crippen LogP) is 1.17. The van der Waals surface area contributed by atoms with Crippen LogP contribution in [-0.4, -0.2) is 25.2 Å². The van der Waals surface area contributed by atoms with Crippen LogP contribution in [0.2, 0.25) is 0 Å². The van der Waals surface area contributed by atoms with Gasteiger partial charge in [-0.05, 0) is 29.5 Å². The molecule has 6 heteroatoms. The lowest BCUT2D eigenvalue weighted by molar-refractivity contribution is 0.481. The number of hydrogen-bond acceptors (Lipinski definition) is 5. The normalized spacial score (nSPS) is 11.1. The van der Waals surface area contributed by atoms with Crippen LogP contribution in [0.3, 0.4) is 0 Å². The number of oxazole rings is 1. The molecular formula is C10H9N5O. The second-order valence-electron chi connectivity index (χ2n) is 3.46. The van der Waals surface area contributed by atoms with E-state index in [1.807, 2.05) is 31.2 Å². The lowest BCUT2D eigenvalue weighted by Crippen LogP contribution is -2.04. The average molecular weight is 215 g/mol. The van der Waals surface area contributed by atoms with Crippen LogP contribution in [-0.2, 0) is 6.54 Å². The monoisotopic (exact) mass is 215 g/mol. The van der Waals surface area contributed by atoms with Crippen molar-refractivity contribution in [1.29, 1.82) is 0 Å². The van der Waals surface area contributed by atoms with Crippen LogP contribution in [0.4, 0.5) is 0 Å². The van der Waals surface area contributed by atoms with Crippen molar-refractivity contribution in [2.75, 3.05) is 0 Å². The third-order valence-corrected chi connectivity index (χ3v) is 2.33. The van der Waals surface area contributed by atoms with Crippen molar-refractivity contribution in [3.05, 3.63) is 36.0 Å². The van der Waals surface area contributed by atoms with Crippen molar-refractivity contribution in [3.8, 4) is 0 Å². The van der Waals surface area contributed by atoms with Gasteiger partial charge in [-0.15, -0.1) is 5.10 Å². The summed E-state index contributed by atoms with van der Waals surface area (Å²) in [5, 5.41) is 11.2. The Kier molecular flexibility index (Phi) is 1.92. The van der Waals surface area contributed by atoms with E-state index in [4.69, 9.17) is 4.42 Å². The van der Waals surface area contributed by atoms with E-state index in [9.17, 15) is 0 Å². The topological polar surface area (TPSA) is 69.6 Å². The van der Waals surface area contributed by atoms with Gasteiger partial charge in [0.15, 0.2) is 5.58 Å². The van der Waals surface area contributed by atoms with Gasteiger partial charge in [0, 0.05) is 0 Å². The first-order valence-corrected chi connectivity index (χ1v) is 4.90. The fourth-order valence-corrected chi connectivity index (χ4v) is 1.51. The standard InChI is InChI=1S/C10H9N5O/c1-7-12-13-14-15(7)6-10-11-8-4-2-3-5-9(8)16-10/h2-5H,6H2,1H3. The summed E-state index contributed by atoms with van der Waals surface area (Å²) in [6.07, 6.45) is 0. The van der Waals surface area contributed by atoms with Crippen molar-refractivity contribution in [2.24, 2.45) is 0 Å². The highest BCUT2D eigenvalue weighted by Crippen LogP contribution is 2.15. The zero-order valence-electron chi connectivity index (χ0n) is 8.66. The predicted molar refractivity (Wildman–Crippen MR) is 55.7 cm³/mol. The first-order valence-electron chi connectivity index (χ1n) is 4.90. The average Bonchev–Trinajstić information content (AvgIpc) is 2.85. The molecular weight excluding hydrogens is 206 g/mol. The molecule has 0 aliphatic heterocycles. The van der Waals surface area contributed by atoms with Gasteiger partial charge in [-0.25, -0.2) is 9.67 Å². The molecule has 80 valence electrons. The van der Waals surface area contributed by atoms with E-state index in [0.29, 0.717) is 12.4 Å². The molecule has 0 radical (unpaired) electrons. The highest BCUT2D eigenvalue weighted by Gasteiger charge is 2.08. The Morgan fingerprint density at radius 3 is 2.94 bits per heavy atom. The first kappa shape index (κ1) is 9.02. The van der Waals surface area contributed by atoms with E-state index >= 15 is 0 Å². The van der Waals surface area contributed by atoms with Crippen molar-refractivity contribution >= 4 is 11.1 Å². The van der Waals surface area contributed by atoms with Gasteiger partial charge < -0.3 is 4.42 Å². The number of aryl methyl sites for hydroxylation is 1. The zero-order valence-corrected chi connectivity index (χ0v) is 8.66. The second-order valence-corrected chi connectivity index (χ2v) is 3.46. The van der Waals surface area contributed by atoms with Gasteiger partial charge in [0.1, 0.15) is 17.9 Å². The highest BCUT2D eigenvalue weighted by molar-refractivity contribution is 5.72. The van der Waals surface area contributed by atoms with Crippen molar-refractivity contribution in [3.63, 3.8) is 0 Å². The summed E-state index contributed by atoms with van der Waals surface area (Å²) >= 11 is 0. The minimum atomic E-state index is 0.452. The van der Waals surface area contributed by atoms with Crippen LogP contribution in [0, 0.1) is 6.92 Å². The molecule has 2 heterocycles. The Hall–Kier alpha value is -2.24. The molecule has 0 bridgehead atoms. The van der Waals surface area contributed by atoms with Gasteiger partial charge in [-0.2, -0.15) is 0 Å². The quantitative estimate of drug-likeness (QED) is 0.641. The Balaban J connectivity index is 1.98. The van der Waals surface area contributed by atoms with E-state index in [1.54, 1.807) is 4.68 Å². The molecule has 0 N–H and O–H groups in total. The summed E-state index contributed by atoms with van der Waals surface area (Å²) < 4.78 is 7.21. The number of hydrogen-bond donors (Lipinski definition) is 0. The maximum Gasteiger partial charge on any atom is 0.217 e. The van der Waals surface area contributed by atoms with Crippen molar-refractivity contribution < 1.29 is 4.42 Å². The molecule has 0 aliphatic carbocycles. The lowest BCUT2D eigenvalue weighted by Gasteiger charge is -1.95. The van der Waals surface area contributed by atoms with Crippen LogP contribution in [0.5, 0.6) is 0 Å². The van der Waals surface area contributed by atoms with E-state index < -0.39 is 0 Å². The summed E-state index contributed by atoms with van der Waals surface area (Å²) in [6.45, 7) is 2.29. The molecule has 3 rings (SSSR count). The molecule has 0 atom stereocenters. The summed E-state index contributed by atoms with van der Waals surface area (Å²) in [5.74, 6) is 1.35. The Morgan fingerprint density at radius 2 is 2.19 bits per heavy atom. The summed E-state index contributed by atoms with van der Waals surface area (Å²) in [6, 6.07) is 7.64. The van der Waals surface area contributed by atoms with Gasteiger partial charge in [0.25, 0.3) is 0 Å². The van der Waals surface area contributed by atoms with Crippen LogP contribution in [0.15, 0.2) is 28.7 Å². The third-order valence-electron chi connectivity index (χ3n) is 2.33. The fourth-order valence-electron chi connectivity index (χ4n) is 1.51. The molecule has 0 spiro atoms. The minimum absolute atomic E-state index is 0.452. The van der Waals surface area contributed by atoms with Gasteiger partial charge >= 0.3 is 0 Å². The largest absolute Gasteiger partial charge is 0.439 e. The Labute approximate surface area is 90.9 Å². The van der Waals surface area contributed by atoms with Crippen LogP contribution in [0.25, 0.3) is 11.1 Å². The molecule has 0 amide bonds. The molecule has 3 aromatic rings. The molecule has 0 saturated carbocycles. The van der Waals surface area contributed by atoms with Gasteiger partial charge in [-0.1, -0.05) is 12.1 Å². The summed E-state index contributed by atoms with van der Waals surface area (Å²) in [5.41, 5.74) is 1.63. The molecule has 1 aromatic carbocycles. The van der Waals surface area contributed by atoms with E-state index in [2.05, 4.69) is 20.5 Å². The lowest BCUT2D eigenvalue weighted by atomic mass is 10.3. The molecule has 0 aliphatic rings. The van der Waals surface area contributed by atoms with Crippen molar-refractivity contribution in [2.45, 2.75) is 13.5 Å². The molecule has 2 aromatic heterocycles.